The van der Waals surface area contributed by atoms with Gasteiger partial charge in [-0.05, 0) is 0 Å². The standard InChI is InChI=1S/C8H11F3N2O4/c1-5(14)12-2-6(15)13(3-7(16)17)4-8(9,10)11/h2-4H2,1H3,(H,12,14)(H,16,17). The van der Waals surface area contributed by atoms with Crippen molar-refractivity contribution in [2.45, 2.75) is 13.1 Å². The second-order valence-electron chi connectivity index (χ2n) is 3.17. The number of nitrogens with zero attached hydrogens (tertiary/aromatic N) is 1. The van der Waals surface area contributed by atoms with E-state index < -0.39 is 43.6 Å². The summed E-state index contributed by atoms with van der Waals surface area (Å²) in [6.07, 6.45) is -4.69. The number of halogens is 3. The van der Waals surface area contributed by atoms with E-state index in [1.807, 2.05) is 5.32 Å². The van der Waals surface area contributed by atoms with Crippen LogP contribution in [-0.4, -0.2) is 53.6 Å². The molecule has 2 amide bonds. The zero-order chi connectivity index (χ0) is 13.6. The van der Waals surface area contributed by atoms with E-state index in [9.17, 15) is 27.6 Å². The van der Waals surface area contributed by atoms with Gasteiger partial charge in [-0.15, -0.1) is 0 Å². The summed E-state index contributed by atoms with van der Waals surface area (Å²) in [5.74, 6) is -3.27. The van der Waals surface area contributed by atoms with E-state index in [4.69, 9.17) is 5.11 Å². The number of hydrogen-bond donors (Lipinski definition) is 2. The van der Waals surface area contributed by atoms with Gasteiger partial charge in [0.2, 0.25) is 11.8 Å². The van der Waals surface area contributed by atoms with Gasteiger partial charge in [0.25, 0.3) is 0 Å². The van der Waals surface area contributed by atoms with E-state index >= 15 is 0 Å². The van der Waals surface area contributed by atoms with Crippen molar-refractivity contribution in [1.29, 1.82) is 0 Å². The van der Waals surface area contributed by atoms with Crippen LogP contribution in [0.15, 0.2) is 0 Å². The van der Waals surface area contributed by atoms with E-state index in [0.29, 0.717) is 0 Å². The summed E-state index contributed by atoms with van der Waals surface area (Å²) in [6.45, 7) is -2.33. The van der Waals surface area contributed by atoms with E-state index in [2.05, 4.69) is 0 Å². The molecule has 0 aliphatic carbocycles. The lowest BCUT2D eigenvalue weighted by Crippen LogP contribution is -2.46. The lowest BCUT2D eigenvalue weighted by molar-refractivity contribution is -0.165. The van der Waals surface area contributed by atoms with Crippen molar-refractivity contribution in [1.82, 2.24) is 10.2 Å². The van der Waals surface area contributed by atoms with E-state index in [1.54, 1.807) is 0 Å². The van der Waals surface area contributed by atoms with Crippen LogP contribution >= 0.6 is 0 Å². The van der Waals surface area contributed by atoms with Gasteiger partial charge in [-0.1, -0.05) is 0 Å². The number of aliphatic carboxylic acids is 1. The molecule has 0 aliphatic rings. The molecule has 0 bridgehead atoms. The van der Waals surface area contributed by atoms with Crippen LogP contribution in [-0.2, 0) is 14.4 Å². The molecule has 0 spiro atoms. The molecule has 98 valence electrons. The normalized spacial score (nSPS) is 10.8. The van der Waals surface area contributed by atoms with E-state index in [0.717, 1.165) is 6.92 Å². The van der Waals surface area contributed by atoms with Crippen LogP contribution in [0.5, 0.6) is 0 Å². The third kappa shape index (κ3) is 8.05. The molecule has 9 heteroatoms. The Labute approximate surface area is 94.4 Å². The zero-order valence-electron chi connectivity index (χ0n) is 8.87. The zero-order valence-corrected chi connectivity index (χ0v) is 8.87. The number of nitrogens with one attached hydrogen (secondary N) is 1. The molecule has 0 unspecified atom stereocenters. The lowest BCUT2D eigenvalue weighted by Gasteiger charge is -2.22. The van der Waals surface area contributed by atoms with Crippen molar-refractivity contribution < 1.29 is 32.7 Å². The number of carbonyl (C=O) groups is 3. The van der Waals surface area contributed by atoms with Crippen LogP contribution in [0.4, 0.5) is 13.2 Å². The molecule has 0 fully saturated rings. The van der Waals surface area contributed by atoms with Crippen molar-refractivity contribution >= 4 is 17.8 Å². The number of carbonyl (C=O) groups excluding carboxylic acids is 2. The van der Waals surface area contributed by atoms with Crippen molar-refractivity contribution in [2.24, 2.45) is 0 Å². The van der Waals surface area contributed by atoms with Crippen molar-refractivity contribution in [3.05, 3.63) is 0 Å². The summed E-state index contributed by atoms with van der Waals surface area (Å²) >= 11 is 0. The van der Waals surface area contributed by atoms with Crippen LogP contribution in [0.3, 0.4) is 0 Å². The first-order valence-electron chi connectivity index (χ1n) is 4.42. The SMILES string of the molecule is CC(=O)NCC(=O)N(CC(=O)O)CC(F)(F)F. The van der Waals surface area contributed by atoms with E-state index in [-0.39, 0.29) is 4.90 Å². The molecule has 0 radical (unpaired) electrons. The summed E-state index contributed by atoms with van der Waals surface area (Å²) in [5, 5.41) is 10.4. The summed E-state index contributed by atoms with van der Waals surface area (Å²) in [7, 11) is 0. The highest BCUT2D eigenvalue weighted by Gasteiger charge is 2.33. The van der Waals surface area contributed by atoms with Crippen molar-refractivity contribution in [3.8, 4) is 0 Å². The summed E-state index contributed by atoms with van der Waals surface area (Å²) in [4.78, 5) is 32.1. The van der Waals surface area contributed by atoms with Gasteiger partial charge in [-0.25, -0.2) is 0 Å². The van der Waals surface area contributed by atoms with Crippen LogP contribution in [0.25, 0.3) is 0 Å². The molecule has 0 heterocycles. The Kier molecular flexibility index (Phi) is 5.42. The Bertz CT molecular complexity index is 316. The van der Waals surface area contributed by atoms with Crippen LogP contribution < -0.4 is 5.32 Å². The third-order valence-electron chi connectivity index (χ3n) is 1.54. The van der Waals surface area contributed by atoms with Crippen LogP contribution in [0.1, 0.15) is 6.92 Å². The predicted octanol–water partition coefficient (Wildman–Crippen LogP) is -0.402. The summed E-state index contributed by atoms with van der Waals surface area (Å²) in [6, 6.07) is 0. The minimum absolute atomic E-state index is 0.109. The molecule has 0 atom stereocenters. The fourth-order valence-corrected chi connectivity index (χ4v) is 0.924. The average Bonchev–Trinajstić information content (AvgIpc) is 2.09. The molecular formula is C8H11F3N2O4. The number of amides is 2. The maximum absolute atomic E-state index is 12.0. The average molecular weight is 256 g/mol. The molecule has 0 saturated carbocycles. The Hall–Kier alpha value is -1.80. The number of carboxylic acids is 1. The number of carboxylic acid groups (broad SMARTS) is 1. The highest BCUT2D eigenvalue weighted by atomic mass is 19.4. The smallest absolute Gasteiger partial charge is 0.406 e. The van der Waals surface area contributed by atoms with Gasteiger partial charge in [0, 0.05) is 6.92 Å². The Morgan fingerprint density at radius 3 is 2.18 bits per heavy atom. The van der Waals surface area contributed by atoms with Crippen LogP contribution in [0.2, 0.25) is 0 Å². The highest BCUT2D eigenvalue weighted by molar-refractivity contribution is 5.86. The summed E-state index contributed by atoms with van der Waals surface area (Å²) in [5.41, 5.74) is 0. The van der Waals surface area contributed by atoms with Gasteiger partial charge < -0.3 is 15.3 Å². The van der Waals surface area contributed by atoms with Gasteiger partial charge in [0.1, 0.15) is 13.1 Å². The molecule has 0 saturated heterocycles. The Balaban J connectivity index is 4.50. The Morgan fingerprint density at radius 1 is 1.29 bits per heavy atom. The van der Waals surface area contributed by atoms with Gasteiger partial charge in [-0.2, -0.15) is 13.2 Å². The molecule has 2 N–H and O–H groups in total. The topological polar surface area (TPSA) is 86.7 Å². The quantitative estimate of drug-likeness (QED) is 0.700. The molecule has 0 aromatic rings. The number of rotatable bonds is 5. The fourth-order valence-electron chi connectivity index (χ4n) is 0.924. The number of alkyl halides is 3. The first-order chi connectivity index (χ1) is 7.61. The minimum atomic E-state index is -4.69. The second-order valence-corrected chi connectivity index (χ2v) is 3.17. The van der Waals surface area contributed by atoms with Crippen molar-refractivity contribution in [3.63, 3.8) is 0 Å². The largest absolute Gasteiger partial charge is 0.480 e. The van der Waals surface area contributed by atoms with Crippen molar-refractivity contribution in [2.75, 3.05) is 19.6 Å². The maximum atomic E-state index is 12.0. The monoisotopic (exact) mass is 256 g/mol. The second kappa shape index (κ2) is 6.06. The first kappa shape index (κ1) is 15.2. The first-order valence-corrected chi connectivity index (χ1v) is 4.42. The predicted molar refractivity (Wildman–Crippen MR) is 49.0 cm³/mol. The molecule has 0 aliphatic heterocycles. The van der Waals surface area contributed by atoms with Gasteiger partial charge in [-0.3, -0.25) is 14.4 Å². The molecule has 0 aromatic heterocycles. The minimum Gasteiger partial charge on any atom is -0.480 e. The van der Waals surface area contributed by atoms with Crippen LogP contribution in [0, 0.1) is 0 Å². The molecular weight excluding hydrogens is 245 g/mol. The fraction of sp³-hybridized carbons (Fsp3) is 0.625. The van der Waals surface area contributed by atoms with Gasteiger partial charge >= 0.3 is 12.1 Å². The van der Waals surface area contributed by atoms with Gasteiger partial charge in [0.15, 0.2) is 0 Å². The summed E-state index contributed by atoms with van der Waals surface area (Å²) < 4.78 is 36.1. The number of hydrogen-bond acceptors (Lipinski definition) is 3. The highest BCUT2D eigenvalue weighted by Crippen LogP contribution is 2.16. The maximum Gasteiger partial charge on any atom is 0.406 e. The van der Waals surface area contributed by atoms with E-state index in [1.165, 1.54) is 0 Å². The molecule has 6 nitrogen and oxygen atoms in total. The van der Waals surface area contributed by atoms with Gasteiger partial charge in [0.05, 0.1) is 6.54 Å². The third-order valence-corrected chi connectivity index (χ3v) is 1.54. The Morgan fingerprint density at radius 2 is 1.82 bits per heavy atom. The molecule has 0 aromatic carbocycles. The lowest BCUT2D eigenvalue weighted by atomic mass is 10.4. The molecule has 0 rings (SSSR count). The molecule has 17 heavy (non-hydrogen) atoms.